The van der Waals surface area contributed by atoms with Crippen LogP contribution in [-0.2, 0) is 4.79 Å². The van der Waals surface area contributed by atoms with Crippen molar-refractivity contribution in [3.05, 3.63) is 34.5 Å². The molecule has 8 heteroatoms. The lowest BCUT2D eigenvalue weighted by Gasteiger charge is -2.27. The quantitative estimate of drug-likeness (QED) is 0.493. The Bertz CT molecular complexity index is 708. The van der Waals surface area contributed by atoms with Crippen LogP contribution < -0.4 is 20.7 Å². The second-order valence-electron chi connectivity index (χ2n) is 5.96. The summed E-state index contributed by atoms with van der Waals surface area (Å²) in [5.41, 5.74) is 1.50. The molecule has 1 amide bonds. The van der Waals surface area contributed by atoms with Crippen molar-refractivity contribution in [3.8, 4) is 11.8 Å². The van der Waals surface area contributed by atoms with Crippen LogP contribution in [0.4, 0.5) is 5.69 Å². The van der Waals surface area contributed by atoms with Crippen LogP contribution >= 0.6 is 11.6 Å². The lowest BCUT2D eigenvalue weighted by Crippen LogP contribution is -2.46. The fourth-order valence-corrected chi connectivity index (χ4v) is 2.75. The minimum absolute atomic E-state index is 0.0000306. The monoisotopic (exact) mass is 377 g/mol. The van der Waals surface area contributed by atoms with Crippen LogP contribution in [0.5, 0.6) is 5.75 Å². The van der Waals surface area contributed by atoms with Gasteiger partial charge < -0.3 is 20.7 Å². The number of halogens is 1. The zero-order chi connectivity index (χ0) is 18.9. The molecule has 0 atom stereocenters. The van der Waals surface area contributed by atoms with Crippen LogP contribution in [-0.4, -0.2) is 57.2 Å². The van der Waals surface area contributed by atoms with Crippen molar-refractivity contribution in [2.75, 3.05) is 51.7 Å². The Morgan fingerprint density at radius 2 is 2.19 bits per heavy atom. The number of carbonyl (C=O) groups excluding carboxylic acids is 1. The summed E-state index contributed by atoms with van der Waals surface area (Å²) < 4.78 is 5.27. The van der Waals surface area contributed by atoms with Gasteiger partial charge >= 0.3 is 0 Å². The number of piperazine rings is 1. The van der Waals surface area contributed by atoms with Crippen molar-refractivity contribution in [2.45, 2.75) is 6.92 Å². The van der Waals surface area contributed by atoms with Crippen LogP contribution in [0.15, 0.2) is 23.9 Å². The zero-order valence-electron chi connectivity index (χ0n) is 15.1. The topological polar surface area (TPSA) is 89.4 Å². The highest BCUT2D eigenvalue weighted by molar-refractivity contribution is 6.31. The molecule has 3 N–H and O–H groups in total. The summed E-state index contributed by atoms with van der Waals surface area (Å²) in [7, 11) is 1.53. The van der Waals surface area contributed by atoms with E-state index in [0.29, 0.717) is 23.0 Å². The van der Waals surface area contributed by atoms with Gasteiger partial charge in [-0.1, -0.05) is 11.6 Å². The summed E-state index contributed by atoms with van der Waals surface area (Å²) in [5.74, 6) is 0.132. The molecule has 0 saturated carbocycles. The standard InChI is InChI=1S/C18H24ClN5O2/c1-13-9-16(17(26-2)10-15(13)19)23-12-14(11-20)18(25)22-5-8-24-6-3-21-4-7-24/h9-10,12,21,23H,3-8H2,1-2H3,(H,22,25)/b14-12-. The number of nitriles is 1. The normalized spacial score (nSPS) is 15.2. The number of hydrogen-bond donors (Lipinski definition) is 3. The van der Waals surface area contributed by atoms with Gasteiger partial charge in [0.15, 0.2) is 0 Å². The Balaban J connectivity index is 1.93. The van der Waals surface area contributed by atoms with Crippen molar-refractivity contribution >= 4 is 23.2 Å². The summed E-state index contributed by atoms with van der Waals surface area (Å²) in [5, 5.41) is 18.9. The number of nitrogens with one attached hydrogen (secondary N) is 3. The van der Waals surface area contributed by atoms with E-state index in [0.717, 1.165) is 38.3 Å². The first-order chi connectivity index (χ1) is 12.5. The van der Waals surface area contributed by atoms with E-state index >= 15 is 0 Å². The lowest BCUT2D eigenvalue weighted by atomic mass is 10.2. The summed E-state index contributed by atoms with van der Waals surface area (Å²) in [6.45, 7) is 6.99. The van der Waals surface area contributed by atoms with Gasteiger partial charge in [-0.3, -0.25) is 9.69 Å². The van der Waals surface area contributed by atoms with Crippen molar-refractivity contribution in [3.63, 3.8) is 0 Å². The molecule has 0 unspecified atom stereocenters. The molecule has 140 valence electrons. The SMILES string of the molecule is COc1cc(Cl)c(C)cc1N/C=C(/C#N)C(=O)NCCN1CCNCC1. The number of aryl methyl sites for hydroxylation is 1. The Hall–Kier alpha value is -2.27. The second kappa shape index (κ2) is 10.0. The van der Waals surface area contributed by atoms with Gasteiger partial charge in [-0.2, -0.15) is 5.26 Å². The number of rotatable bonds is 7. The highest BCUT2D eigenvalue weighted by atomic mass is 35.5. The van der Waals surface area contributed by atoms with Crippen LogP contribution in [0.2, 0.25) is 5.02 Å². The molecule has 0 aromatic heterocycles. The van der Waals surface area contributed by atoms with Gasteiger partial charge in [-0.05, 0) is 18.6 Å². The van der Waals surface area contributed by atoms with Crippen LogP contribution in [0.3, 0.4) is 0 Å². The molecule has 7 nitrogen and oxygen atoms in total. The molecular formula is C18H24ClN5O2. The molecule has 0 bridgehead atoms. The van der Waals surface area contributed by atoms with Crippen molar-refractivity contribution in [1.82, 2.24) is 15.5 Å². The highest BCUT2D eigenvalue weighted by Crippen LogP contribution is 2.31. The predicted molar refractivity (Wildman–Crippen MR) is 102 cm³/mol. The fraction of sp³-hybridized carbons (Fsp3) is 0.444. The van der Waals surface area contributed by atoms with Gasteiger partial charge in [0.05, 0.1) is 12.8 Å². The molecule has 0 radical (unpaired) electrons. The maximum Gasteiger partial charge on any atom is 0.263 e. The number of anilines is 1. The number of ether oxygens (including phenoxy) is 1. The first-order valence-corrected chi connectivity index (χ1v) is 8.85. The van der Waals surface area contributed by atoms with E-state index in [9.17, 15) is 10.1 Å². The zero-order valence-corrected chi connectivity index (χ0v) is 15.8. The van der Waals surface area contributed by atoms with E-state index in [4.69, 9.17) is 16.3 Å². The summed E-state index contributed by atoms with van der Waals surface area (Å²) in [4.78, 5) is 14.5. The number of nitrogens with zero attached hydrogens (tertiary/aromatic N) is 2. The number of carbonyl (C=O) groups is 1. The molecule has 0 spiro atoms. The highest BCUT2D eigenvalue weighted by Gasteiger charge is 2.12. The van der Waals surface area contributed by atoms with Crippen molar-refractivity contribution in [1.29, 1.82) is 5.26 Å². The van der Waals surface area contributed by atoms with Gasteiger partial charge in [0.25, 0.3) is 5.91 Å². The third kappa shape index (κ3) is 5.63. The summed E-state index contributed by atoms with van der Waals surface area (Å²) >= 11 is 6.08. The molecular weight excluding hydrogens is 354 g/mol. The largest absolute Gasteiger partial charge is 0.495 e. The van der Waals surface area contributed by atoms with E-state index in [1.54, 1.807) is 12.1 Å². The number of methoxy groups -OCH3 is 1. The Morgan fingerprint density at radius 3 is 2.85 bits per heavy atom. The van der Waals surface area contributed by atoms with Crippen LogP contribution in [0.1, 0.15) is 5.56 Å². The third-order valence-electron chi connectivity index (χ3n) is 4.14. The van der Waals surface area contributed by atoms with Gasteiger partial charge in [0, 0.05) is 56.6 Å². The van der Waals surface area contributed by atoms with Crippen LogP contribution in [0, 0.1) is 18.3 Å². The number of benzene rings is 1. The molecule has 1 fully saturated rings. The summed E-state index contributed by atoms with van der Waals surface area (Å²) in [6.07, 6.45) is 1.38. The van der Waals surface area contributed by atoms with Gasteiger partial charge in [-0.25, -0.2) is 0 Å². The Morgan fingerprint density at radius 1 is 1.46 bits per heavy atom. The van der Waals surface area contributed by atoms with Crippen molar-refractivity contribution in [2.24, 2.45) is 0 Å². The molecule has 1 aromatic carbocycles. The average Bonchev–Trinajstić information content (AvgIpc) is 2.65. The third-order valence-corrected chi connectivity index (χ3v) is 4.55. The van der Waals surface area contributed by atoms with E-state index in [-0.39, 0.29) is 5.57 Å². The predicted octanol–water partition coefficient (Wildman–Crippen LogP) is 1.50. The molecule has 2 rings (SSSR count). The lowest BCUT2D eigenvalue weighted by molar-refractivity contribution is -0.117. The first kappa shape index (κ1) is 20.0. The number of hydrogen-bond acceptors (Lipinski definition) is 6. The number of amides is 1. The molecule has 1 saturated heterocycles. The van der Waals surface area contributed by atoms with Gasteiger partial charge in [0.1, 0.15) is 17.4 Å². The minimum Gasteiger partial charge on any atom is -0.495 e. The first-order valence-electron chi connectivity index (χ1n) is 8.47. The van der Waals surface area contributed by atoms with E-state index in [1.165, 1.54) is 13.3 Å². The van der Waals surface area contributed by atoms with E-state index < -0.39 is 5.91 Å². The van der Waals surface area contributed by atoms with E-state index in [1.807, 2.05) is 13.0 Å². The second-order valence-corrected chi connectivity index (χ2v) is 6.37. The average molecular weight is 378 g/mol. The minimum atomic E-state index is -0.403. The molecule has 1 aliphatic heterocycles. The van der Waals surface area contributed by atoms with E-state index in [2.05, 4.69) is 20.9 Å². The molecule has 26 heavy (non-hydrogen) atoms. The molecule has 1 aliphatic rings. The molecule has 1 heterocycles. The van der Waals surface area contributed by atoms with Crippen molar-refractivity contribution < 1.29 is 9.53 Å². The fourth-order valence-electron chi connectivity index (χ4n) is 2.60. The smallest absolute Gasteiger partial charge is 0.263 e. The van der Waals surface area contributed by atoms with Gasteiger partial charge in [-0.15, -0.1) is 0 Å². The van der Waals surface area contributed by atoms with Gasteiger partial charge in [0.2, 0.25) is 0 Å². The summed E-state index contributed by atoms with van der Waals surface area (Å²) in [6, 6.07) is 5.41. The molecule has 1 aromatic rings. The van der Waals surface area contributed by atoms with Crippen LogP contribution in [0.25, 0.3) is 0 Å². The maximum atomic E-state index is 12.2. The Kier molecular flexibility index (Phi) is 7.73. The molecule has 0 aliphatic carbocycles. The Labute approximate surface area is 158 Å². The maximum absolute atomic E-state index is 12.2.